The molecule has 0 radical (unpaired) electrons. The normalized spacial score (nSPS) is 12.8. The van der Waals surface area contributed by atoms with Gasteiger partial charge in [0.2, 0.25) is 0 Å². The van der Waals surface area contributed by atoms with Crippen molar-refractivity contribution in [3.63, 3.8) is 0 Å². The zero-order chi connectivity index (χ0) is 23.1. The molecule has 3 rings (SSSR count). The predicted octanol–water partition coefficient (Wildman–Crippen LogP) is 3.38. The van der Waals surface area contributed by atoms with Gasteiger partial charge in [-0.05, 0) is 63.8 Å². The van der Waals surface area contributed by atoms with Crippen LogP contribution in [0.4, 0.5) is 0 Å². The van der Waals surface area contributed by atoms with Gasteiger partial charge in [0.05, 0.1) is 5.69 Å². The first-order chi connectivity index (χ1) is 15.4. The average Bonchev–Trinajstić information content (AvgIpc) is 3.35. The maximum atomic E-state index is 5.31. The number of guanidine groups is 1. The lowest BCUT2D eigenvalue weighted by Crippen LogP contribution is -2.43. The van der Waals surface area contributed by atoms with E-state index in [2.05, 4.69) is 65.7 Å². The summed E-state index contributed by atoms with van der Waals surface area (Å²) >= 11 is 0. The van der Waals surface area contributed by atoms with Crippen molar-refractivity contribution >= 4 is 5.96 Å². The Morgan fingerprint density at radius 1 is 1.19 bits per heavy atom. The molecule has 2 N–H and O–H groups in total. The summed E-state index contributed by atoms with van der Waals surface area (Å²) in [6, 6.07) is 8.48. The molecule has 0 aliphatic heterocycles. The van der Waals surface area contributed by atoms with E-state index in [0.717, 1.165) is 48.8 Å². The van der Waals surface area contributed by atoms with Crippen LogP contribution in [0.3, 0.4) is 0 Å². The molecule has 0 bridgehead atoms. The van der Waals surface area contributed by atoms with Crippen molar-refractivity contribution in [3.05, 3.63) is 52.6 Å². The Kier molecular flexibility index (Phi) is 8.03. The fourth-order valence-corrected chi connectivity index (χ4v) is 3.65. The molecule has 2 aromatic heterocycles. The Hall–Kier alpha value is -3.16. The summed E-state index contributed by atoms with van der Waals surface area (Å²) in [6.07, 6.45) is 2.53. The van der Waals surface area contributed by atoms with Gasteiger partial charge in [-0.2, -0.15) is 10.1 Å². The molecule has 0 fully saturated rings. The standard InChI is InChI=1S/C24H35N7O/c1-7-22-28-23(32-30-22)20-11-9-19(10-12-20)13-14-26-24(25-8-2)27-16(3)15-21-17(4)29-31(6)18(21)5/h9-12,16H,7-8,13-15H2,1-6H3,(H2,25,26,27). The molecule has 0 aliphatic rings. The molecule has 1 atom stereocenters. The zero-order valence-electron chi connectivity index (χ0n) is 20.1. The third-order valence-corrected chi connectivity index (χ3v) is 5.55. The van der Waals surface area contributed by atoms with Crippen LogP contribution in [0.15, 0.2) is 33.8 Å². The maximum absolute atomic E-state index is 5.31. The molecular weight excluding hydrogens is 402 g/mol. The van der Waals surface area contributed by atoms with Crippen molar-refractivity contribution < 1.29 is 4.52 Å². The fourth-order valence-electron chi connectivity index (χ4n) is 3.65. The van der Waals surface area contributed by atoms with Gasteiger partial charge in [0.25, 0.3) is 5.89 Å². The van der Waals surface area contributed by atoms with E-state index < -0.39 is 0 Å². The highest BCUT2D eigenvalue weighted by atomic mass is 16.5. The van der Waals surface area contributed by atoms with Gasteiger partial charge in [-0.15, -0.1) is 0 Å². The Morgan fingerprint density at radius 2 is 1.94 bits per heavy atom. The molecule has 8 nitrogen and oxygen atoms in total. The molecule has 0 aliphatic carbocycles. The number of hydrogen-bond acceptors (Lipinski definition) is 5. The second-order valence-electron chi connectivity index (χ2n) is 8.10. The number of aliphatic imine (C=N–C) groups is 1. The van der Waals surface area contributed by atoms with Crippen molar-refractivity contribution in [2.45, 2.75) is 59.9 Å². The van der Waals surface area contributed by atoms with Crippen LogP contribution in [0.25, 0.3) is 11.5 Å². The average molecular weight is 438 g/mol. The topological polar surface area (TPSA) is 93.2 Å². The number of hydrogen-bond donors (Lipinski definition) is 2. The summed E-state index contributed by atoms with van der Waals surface area (Å²) in [4.78, 5) is 9.15. The first-order valence-electron chi connectivity index (χ1n) is 11.4. The van der Waals surface area contributed by atoms with Crippen LogP contribution >= 0.6 is 0 Å². The van der Waals surface area contributed by atoms with Crippen LogP contribution < -0.4 is 10.6 Å². The molecule has 1 unspecified atom stereocenters. The second kappa shape index (κ2) is 10.9. The third-order valence-electron chi connectivity index (χ3n) is 5.55. The lowest BCUT2D eigenvalue weighted by molar-refractivity contribution is 0.423. The van der Waals surface area contributed by atoms with Gasteiger partial charge in [-0.1, -0.05) is 24.2 Å². The van der Waals surface area contributed by atoms with Gasteiger partial charge in [-0.3, -0.25) is 9.67 Å². The van der Waals surface area contributed by atoms with Gasteiger partial charge in [0.1, 0.15) is 0 Å². The number of rotatable bonds is 9. The van der Waals surface area contributed by atoms with Crippen molar-refractivity contribution in [2.75, 3.05) is 13.1 Å². The highest BCUT2D eigenvalue weighted by molar-refractivity contribution is 5.80. The summed E-state index contributed by atoms with van der Waals surface area (Å²) in [6.45, 7) is 12.0. The number of nitrogens with zero attached hydrogens (tertiary/aromatic N) is 5. The largest absolute Gasteiger partial charge is 0.357 e. The van der Waals surface area contributed by atoms with Crippen molar-refractivity contribution in [2.24, 2.45) is 12.0 Å². The first kappa shape index (κ1) is 23.5. The predicted molar refractivity (Wildman–Crippen MR) is 128 cm³/mol. The number of nitrogens with one attached hydrogen (secondary N) is 2. The molecule has 0 saturated heterocycles. The molecule has 0 spiro atoms. The van der Waals surface area contributed by atoms with E-state index >= 15 is 0 Å². The van der Waals surface area contributed by atoms with Gasteiger partial charge in [0, 0.05) is 43.9 Å². The lowest BCUT2D eigenvalue weighted by atomic mass is 10.1. The van der Waals surface area contributed by atoms with Gasteiger partial charge in [0.15, 0.2) is 11.8 Å². The summed E-state index contributed by atoms with van der Waals surface area (Å²) in [5.74, 6) is 2.14. The first-order valence-corrected chi connectivity index (χ1v) is 11.4. The molecular formula is C24H35N7O. The van der Waals surface area contributed by atoms with Gasteiger partial charge < -0.3 is 15.2 Å². The van der Waals surface area contributed by atoms with Crippen molar-refractivity contribution in [1.29, 1.82) is 0 Å². The minimum absolute atomic E-state index is 0.246. The van der Waals surface area contributed by atoms with Crippen LogP contribution in [-0.2, 0) is 26.3 Å². The van der Waals surface area contributed by atoms with E-state index in [4.69, 9.17) is 9.52 Å². The van der Waals surface area contributed by atoms with Crippen LogP contribution in [0.5, 0.6) is 0 Å². The number of aromatic nitrogens is 4. The van der Waals surface area contributed by atoms with E-state index in [9.17, 15) is 0 Å². The summed E-state index contributed by atoms with van der Waals surface area (Å²) in [7, 11) is 1.99. The molecule has 8 heteroatoms. The lowest BCUT2D eigenvalue weighted by Gasteiger charge is -2.18. The summed E-state index contributed by atoms with van der Waals surface area (Å²) < 4.78 is 7.26. The molecule has 2 heterocycles. The van der Waals surface area contributed by atoms with Crippen LogP contribution in [0, 0.1) is 13.8 Å². The fraction of sp³-hybridized carbons (Fsp3) is 0.500. The van der Waals surface area contributed by atoms with Crippen LogP contribution in [0.2, 0.25) is 0 Å². The van der Waals surface area contributed by atoms with E-state index in [1.54, 1.807) is 0 Å². The molecule has 172 valence electrons. The van der Waals surface area contributed by atoms with E-state index in [1.165, 1.54) is 16.8 Å². The Morgan fingerprint density at radius 3 is 2.53 bits per heavy atom. The van der Waals surface area contributed by atoms with Crippen molar-refractivity contribution in [3.8, 4) is 11.5 Å². The minimum atomic E-state index is 0.246. The highest BCUT2D eigenvalue weighted by Gasteiger charge is 2.14. The van der Waals surface area contributed by atoms with Crippen LogP contribution in [0.1, 0.15) is 49.1 Å². The number of aryl methyl sites for hydroxylation is 3. The monoisotopic (exact) mass is 437 g/mol. The van der Waals surface area contributed by atoms with E-state index in [0.29, 0.717) is 12.4 Å². The zero-order valence-corrected chi connectivity index (χ0v) is 20.1. The van der Waals surface area contributed by atoms with Gasteiger partial charge in [-0.25, -0.2) is 0 Å². The Bertz CT molecular complexity index is 1030. The van der Waals surface area contributed by atoms with Crippen molar-refractivity contribution in [1.82, 2.24) is 30.6 Å². The smallest absolute Gasteiger partial charge is 0.257 e. The van der Waals surface area contributed by atoms with E-state index in [-0.39, 0.29) is 6.04 Å². The summed E-state index contributed by atoms with van der Waals surface area (Å²) in [5, 5.41) is 15.4. The Labute approximate surface area is 190 Å². The molecule has 1 aromatic carbocycles. The Balaban J connectivity index is 1.56. The maximum Gasteiger partial charge on any atom is 0.257 e. The highest BCUT2D eigenvalue weighted by Crippen LogP contribution is 2.18. The van der Waals surface area contributed by atoms with Crippen LogP contribution in [-0.4, -0.2) is 45.0 Å². The second-order valence-corrected chi connectivity index (χ2v) is 8.10. The molecule has 3 aromatic rings. The molecule has 0 saturated carbocycles. The SMILES string of the molecule is CCNC(=NCCc1ccc(-c2nc(CC)no2)cc1)NC(C)Cc1c(C)nn(C)c1C. The third kappa shape index (κ3) is 5.96. The molecule has 32 heavy (non-hydrogen) atoms. The quantitative estimate of drug-likeness (QED) is 0.394. The number of benzene rings is 1. The van der Waals surface area contributed by atoms with Gasteiger partial charge >= 0.3 is 0 Å². The molecule has 0 amide bonds. The summed E-state index contributed by atoms with van der Waals surface area (Å²) in [5.41, 5.74) is 5.77. The van der Waals surface area contributed by atoms with E-state index in [1.807, 2.05) is 30.8 Å². The minimum Gasteiger partial charge on any atom is -0.357 e.